The van der Waals surface area contributed by atoms with Crippen molar-refractivity contribution in [1.82, 2.24) is 4.90 Å². The highest BCUT2D eigenvalue weighted by molar-refractivity contribution is 7.98. The molecule has 0 aromatic heterocycles. The van der Waals surface area contributed by atoms with Crippen molar-refractivity contribution in [3.63, 3.8) is 0 Å². The molecule has 0 aliphatic rings. The fourth-order valence-electron chi connectivity index (χ4n) is 2.79. The van der Waals surface area contributed by atoms with Gasteiger partial charge in [-0.25, -0.2) is 0 Å². The minimum Gasteiger partial charge on any atom is -0.391 e. The average Bonchev–Trinajstić information content (AvgIpc) is 2.65. The zero-order chi connectivity index (χ0) is 19.1. The summed E-state index contributed by atoms with van der Waals surface area (Å²) in [6.07, 6.45) is -0.360. The molecule has 2 aromatic rings. The van der Waals surface area contributed by atoms with Gasteiger partial charge in [0.15, 0.2) is 0 Å². The number of aliphatic hydroxyl groups excluding tert-OH is 1. The molecule has 5 heteroatoms. The topological polar surface area (TPSA) is 23.5 Å². The first-order chi connectivity index (χ1) is 12.4. The number of hydrogen-bond donors (Lipinski definition) is 1. The van der Waals surface area contributed by atoms with E-state index in [0.29, 0.717) is 16.6 Å². The zero-order valence-electron chi connectivity index (χ0n) is 15.6. The van der Waals surface area contributed by atoms with E-state index in [1.54, 1.807) is 17.8 Å². The van der Waals surface area contributed by atoms with E-state index >= 15 is 0 Å². The lowest BCUT2D eigenvalue weighted by Crippen LogP contribution is -2.34. The normalized spacial score (nSPS) is 13.8. The molecule has 2 rings (SSSR count). The fourth-order valence-corrected chi connectivity index (χ4v) is 4.25. The number of nitrogens with zero attached hydrogens (tertiary/aromatic N) is 1. The van der Waals surface area contributed by atoms with Crippen molar-refractivity contribution in [2.24, 2.45) is 0 Å². The maximum absolute atomic E-state index is 10.5. The van der Waals surface area contributed by atoms with Gasteiger partial charge >= 0.3 is 0 Å². The predicted octanol–water partition coefficient (Wildman–Crippen LogP) is 6.09. The van der Waals surface area contributed by atoms with Crippen LogP contribution in [0.2, 0.25) is 10.0 Å². The molecule has 142 valence electrons. The lowest BCUT2D eigenvalue weighted by atomic mass is 9.95. The van der Waals surface area contributed by atoms with Crippen LogP contribution in [0, 0.1) is 0 Å². The molecule has 0 heterocycles. The number of halogens is 2. The van der Waals surface area contributed by atoms with Gasteiger partial charge < -0.3 is 10.0 Å². The molecule has 0 aliphatic carbocycles. The van der Waals surface area contributed by atoms with Crippen molar-refractivity contribution in [3.05, 3.63) is 63.6 Å². The van der Waals surface area contributed by atoms with Crippen LogP contribution in [-0.4, -0.2) is 35.7 Å². The first-order valence-corrected chi connectivity index (χ1v) is 10.8. The molecule has 2 unspecified atom stereocenters. The summed E-state index contributed by atoms with van der Waals surface area (Å²) in [5.41, 5.74) is 2.24. The Morgan fingerprint density at radius 2 is 1.69 bits per heavy atom. The summed E-state index contributed by atoms with van der Waals surface area (Å²) in [6, 6.07) is 14.1. The van der Waals surface area contributed by atoms with E-state index in [1.165, 1.54) is 10.5 Å². The number of rotatable bonds is 9. The molecule has 0 aliphatic heterocycles. The van der Waals surface area contributed by atoms with Crippen molar-refractivity contribution in [3.8, 4) is 0 Å². The third-order valence-electron chi connectivity index (χ3n) is 4.73. The third-order valence-corrected chi connectivity index (χ3v) is 6.38. The Morgan fingerprint density at radius 3 is 2.27 bits per heavy atom. The molecule has 2 aromatic carbocycles. The standard InChI is InChI=1S/C21H27Cl2NOS/c1-4-24(5-2)13-21(25)15(3)16-7-10-19(11-8-16)26-14-17-6-9-18(22)12-20(17)23/h6-12,15,21,25H,4-5,13-14H2,1-3H3. The Labute approximate surface area is 171 Å². The summed E-state index contributed by atoms with van der Waals surface area (Å²) in [5.74, 6) is 0.913. The van der Waals surface area contributed by atoms with Gasteiger partial charge in [-0.1, -0.05) is 62.2 Å². The Bertz CT molecular complexity index is 689. The van der Waals surface area contributed by atoms with Crippen molar-refractivity contribution >= 4 is 35.0 Å². The van der Waals surface area contributed by atoms with Gasteiger partial charge in [0.05, 0.1) is 6.10 Å². The monoisotopic (exact) mass is 411 g/mol. The van der Waals surface area contributed by atoms with E-state index < -0.39 is 0 Å². The van der Waals surface area contributed by atoms with Crippen LogP contribution in [0.15, 0.2) is 47.4 Å². The molecule has 0 fully saturated rings. The molecule has 2 atom stereocenters. The van der Waals surface area contributed by atoms with Crippen LogP contribution in [0.25, 0.3) is 0 Å². The van der Waals surface area contributed by atoms with Gasteiger partial charge in [0, 0.05) is 33.2 Å². The van der Waals surface area contributed by atoms with Crippen LogP contribution in [0.5, 0.6) is 0 Å². The highest BCUT2D eigenvalue weighted by Crippen LogP contribution is 2.30. The van der Waals surface area contributed by atoms with Crippen LogP contribution < -0.4 is 0 Å². The first-order valence-electron chi connectivity index (χ1n) is 9.01. The van der Waals surface area contributed by atoms with Crippen LogP contribution in [0.1, 0.15) is 37.8 Å². The van der Waals surface area contributed by atoms with Crippen LogP contribution in [0.3, 0.4) is 0 Å². The average molecular weight is 412 g/mol. The molecule has 0 saturated heterocycles. The number of thioether (sulfide) groups is 1. The summed E-state index contributed by atoms with van der Waals surface area (Å²) < 4.78 is 0. The predicted molar refractivity (Wildman–Crippen MR) is 115 cm³/mol. The lowest BCUT2D eigenvalue weighted by molar-refractivity contribution is 0.0989. The molecule has 26 heavy (non-hydrogen) atoms. The molecular formula is C21H27Cl2NOS. The van der Waals surface area contributed by atoms with Gasteiger partial charge in [-0.05, 0) is 48.5 Å². The van der Waals surface area contributed by atoms with Gasteiger partial charge in [0.25, 0.3) is 0 Å². The Kier molecular flexibility index (Phi) is 8.78. The van der Waals surface area contributed by atoms with Crippen molar-refractivity contribution < 1.29 is 5.11 Å². The molecule has 0 amide bonds. The summed E-state index contributed by atoms with van der Waals surface area (Å²) in [5, 5.41) is 11.9. The molecule has 0 bridgehead atoms. The molecule has 0 spiro atoms. The van der Waals surface area contributed by atoms with Gasteiger partial charge in [0.1, 0.15) is 0 Å². The van der Waals surface area contributed by atoms with Crippen molar-refractivity contribution in [2.45, 2.75) is 43.4 Å². The van der Waals surface area contributed by atoms with E-state index in [2.05, 4.69) is 49.9 Å². The van der Waals surface area contributed by atoms with E-state index in [0.717, 1.165) is 24.4 Å². The van der Waals surface area contributed by atoms with Gasteiger partial charge in [-0.15, -0.1) is 11.8 Å². The molecule has 0 radical (unpaired) electrons. The Hall–Kier alpha value is -0.710. The quantitative estimate of drug-likeness (QED) is 0.504. The number of likely N-dealkylation sites (N-methyl/N-ethyl adjacent to an activating group) is 1. The fraction of sp³-hybridized carbons (Fsp3) is 0.429. The molecule has 2 nitrogen and oxygen atoms in total. The van der Waals surface area contributed by atoms with Crippen LogP contribution in [-0.2, 0) is 5.75 Å². The zero-order valence-corrected chi connectivity index (χ0v) is 17.9. The minimum atomic E-state index is -0.360. The Balaban J connectivity index is 1.94. The summed E-state index contributed by atoms with van der Waals surface area (Å²) in [7, 11) is 0. The smallest absolute Gasteiger partial charge is 0.0732 e. The van der Waals surface area contributed by atoms with E-state index in [9.17, 15) is 5.11 Å². The molecule has 1 N–H and O–H groups in total. The second kappa shape index (κ2) is 10.6. The van der Waals surface area contributed by atoms with E-state index in [1.807, 2.05) is 12.1 Å². The minimum absolute atomic E-state index is 0.111. The first kappa shape index (κ1) is 21.6. The maximum atomic E-state index is 10.5. The van der Waals surface area contributed by atoms with Crippen LogP contribution in [0.4, 0.5) is 0 Å². The third kappa shape index (κ3) is 6.17. The van der Waals surface area contributed by atoms with E-state index in [4.69, 9.17) is 23.2 Å². The lowest BCUT2D eigenvalue weighted by Gasteiger charge is -2.26. The van der Waals surface area contributed by atoms with Gasteiger partial charge in [0.2, 0.25) is 0 Å². The number of benzene rings is 2. The van der Waals surface area contributed by atoms with Crippen molar-refractivity contribution in [2.75, 3.05) is 19.6 Å². The number of hydrogen-bond acceptors (Lipinski definition) is 3. The summed E-state index contributed by atoms with van der Waals surface area (Å²) in [6.45, 7) is 8.97. The summed E-state index contributed by atoms with van der Waals surface area (Å²) >= 11 is 13.9. The molecule has 0 saturated carbocycles. The number of aliphatic hydroxyl groups is 1. The molecular weight excluding hydrogens is 385 g/mol. The second-order valence-corrected chi connectivity index (χ2v) is 8.33. The van der Waals surface area contributed by atoms with Crippen molar-refractivity contribution in [1.29, 1.82) is 0 Å². The van der Waals surface area contributed by atoms with Gasteiger partial charge in [-0.2, -0.15) is 0 Å². The highest BCUT2D eigenvalue weighted by atomic mass is 35.5. The highest BCUT2D eigenvalue weighted by Gasteiger charge is 2.18. The largest absolute Gasteiger partial charge is 0.391 e. The van der Waals surface area contributed by atoms with Crippen LogP contribution >= 0.6 is 35.0 Å². The second-order valence-electron chi connectivity index (χ2n) is 6.44. The van der Waals surface area contributed by atoms with Gasteiger partial charge in [-0.3, -0.25) is 0 Å². The van der Waals surface area contributed by atoms with E-state index in [-0.39, 0.29) is 12.0 Å². The summed E-state index contributed by atoms with van der Waals surface area (Å²) in [4.78, 5) is 3.44. The SMILES string of the molecule is CCN(CC)CC(O)C(C)c1ccc(SCc2ccc(Cl)cc2Cl)cc1. The maximum Gasteiger partial charge on any atom is 0.0732 e. The Morgan fingerprint density at radius 1 is 1.04 bits per heavy atom.